The van der Waals surface area contributed by atoms with Gasteiger partial charge in [0.1, 0.15) is 13.1 Å². The predicted octanol–water partition coefficient (Wildman–Crippen LogP) is 4.14. The number of nitrogens with zero attached hydrogens (tertiary/aromatic N) is 2. The van der Waals surface area contributed by atoms with E-state index >= 15 is 0 Å². The molecule has 0 fully saturated rings. The van der Waals surface area contributed by atoms with E-state index in [4.69, 9.17) is 0 Å². The fourth-order valence-corrected chi connectivity index (χ4v) is 3.31. The molecule has 0 amide bonds. The van der Waals surface area contributed by atoms with Crippen molar-refractivity contribution in [3.63, 3.8) is 0 Å². The molecule has 0 aliphatic heterocycles. The third kappa shape index (κ3) is 5.52. The first-order valence-corrected chi connectivity index (χ1v) is 9.69. The Labute approximate surface area is 157 Å². The van der Waals surface area contributed by atoms with Crippen molar-refractivity contribution in [1.29, 1.82) is 0 Å². The second-order valence-electron chi connectivity index (χ2n) is 7.20. The van der Waals surface area contributed by atoms with Gasteiger partial charge in [0, 0.05) is 37.1 Å². The minimum atomic E-state index is 1.08. The summed E-state index contributed by atoms with van der Waals surface area (Å²) in [5.41, 5.74) is 5.65. The maximum absolute atomic E-state index is 2.30. The molecule has 0 bridgehead atoms. The maximum Gasteiger partial charge on any atom is 0.169 e. The average Bonchev–Trinajstić information content (AvgIpc) is 2.66. The Bertz CT molecular complexity index is 734. The normalized spacial score (nSPS) is 10.8. The fourth-order valence-electron chi connectivity index (χ4n) is 3.31. The van der Waals surface area contributed by atoms with E-state index in [0.29, 0.717) is 0 Å². The monoisotopic (exact) mass is 346 g/mol. The summed E-state index contributed by atoms with van der Waals surface area (Å²) >= 11 is 0. The Kier molecular flexibility index (Phi) is 6.54. The zero-order valence-corrected chi connectivity index (χ0v) is 16.1. The van der Waals surface area contributed by atoms with Crippen molar-refractivity contribution in [2.75, 3.05) is 0 Å². The number of benzene rings is 1. The van der Waals surface area contributed by atoms with Gasteiger partial charge in [-0.15, -0.1) is 0 Å². The molecule has 2 nitrogen and oxygen atoms in total. The van der Waals surface area contributed by atoms with Gasteiger partial charge in [0.15, 0.2) is 24.8 Å². The zero-order chi connectivity index (χ0) is 18.2. The van der Waals surface area contributed by atoms with Crippen LogP contribution in [-0.2, 0) is 25.9 Å². The quantitative estimate of drug-likeness (QED) is 0.542. The molecule has 2 aromatic heterocycles. The first kappa shape index (κ1) is 18.3. The number of hydrogen-bond acceptors (Lipinski definition) is 0. The first-order chi connectivity index (χ1) is 12.7. The molecule has 1 aromatic carbocycles. The largest absolute Gasteiger partial charge is 0.205 e. The van der Waals surface area contributed by atoms with Gasteiger partial charge in [-0.2, -0.15) is 0 Å². The van der Waals surface area contributed by atoms with Gasteiger partial charge in [-0.3, -0.25) is 0 Å². The molecular weight excluding hydrogens is 316 g/mol. The molecule has 3 rings (SSSR count). The second kappa shape index (κ2) is 9.28. The van der Waals surface area contributed by atoms with Crippen LogP contribution in [0.1, 0.15) is 35.1 Å². The molecule has 3 aromatic rings. The van der Waals surface area contributed by atoms with Gasteiger partial charge < -0.3 is 0 Å². The van der Waals surface area contributed by atoms with Crippen LogP contribution in [0.4, 0.5) is 0 Å². The highest BCUT2D eigenvalue weighted by Crippen LogP contribution is 2.13. The minimum Gasteiger partial charge on any atom is -0.205 e. The minimum absolute atomic E-state index is 1.08. The number of rotatable bonds is 8. The Morgan fingerprint density at radius 3 is 1.35 bits per heavy atom. The Hall–Kier alpha value is -2.48. The molecule has 134 valence electrons. The lowest BCUT2D eigenvalue weighted by Gasteiger charge is -2.08. The van der Waals surface area contributed by atoms with E-state index in [1.54, 1.807) is 0 Å². The molecule has 2 heterocycles. The molecule has 26 heavy (non-hydrogen) atoms. The topological polar surface area (TPSA) is 7.76 Å². The lowest BCUT2D eigenvalue weighted by molar-refractivity contribution is -0.697. The van der Waals surface area contributed by atoms with Crippen LogP contribution in [0.25, 0.3) is 0 Å². The average molecular weight is 347 g/mol. The lowest BCUT2D eigenvalue weighted by atomic mass is 9.99. The molecule has 0 spiro atoms. The number of hydrogen-bond donors (Lipinski definition) is 0. The third-order valence-electron chi connectivity index (χ3n) is 4.96. The molecule has 0 saturated carbocycles. The number of aromatic nitrogens is 2. The Morgan fingerprint density at radius 2 is 0.962 bits per heavy atom. The van der Waals surface area contributed by atoms with Gasteiger partial charge in [-0.05, 0) is 48.9 Å². The summed E-state index contributed by atoms with van der Waals surface area (Å²) in [5.74, 6) is 0. The van der Waals surface area contributed by atoms with E-state index in [9.17, 15) is 0 Å². The van der Waals surface area contributed by atoms with Crippen LogP contribution in [0.15, 0.2) is 73.3 Å². The summed E-state index contributed by atoms with van der Waals surface area (Å²) in [4.78, 5) is 0. The van der Waals surface area contributed by atoms with Crippen LogP contribution in [0.3, 0.4) is 0 Å². The summed E-state index contributed by atoms with van der Waals surface area (Å²) in [6.45, 7) is 6.42. The first-order valence-electron chi connectivity index (χ1n) is 9.69. The fraction of sp³-hybridized carbons (Fsp3) is 0.333. The van der Waals surface area contributed by atoms with Crippen LogP contribution in [0.5, 0.6) is 0 Å². The number of pyridine rings is 2. The molecular formula is C24H30N2+2. The van der Waals surface area contributed by atoms with E-state index in [1.807, 2.05) is 0 Å². The summed E-state index contributed by atoms with van der Waals surface area (Å²) < 4.78 is 4.56. The van der Waals surface area contributed by atoms with E-state index in [0.717, 1.165) is 25.9 Å². The molecule has 0 saturated heterocycles. The van der Waals surface area contributed by atoms with Crippen molar-refractivity contribution < 1.29 is 9.13 Å². The van der Waals surface area contributed by atoms with Crippen molar-refractivity contribution >= 4 is 0 Å². The summed E-state index contributed by atoms with van der Waals surface area (Å²) in [7, 11) is 0. The molecule has 0 unspecified atom stereocenters. The van der Waals surface area contributed by atoms with E-state index < -0.39 is 0 Å². The van der Waals surface area contributed by atoms with E-state index in [2.05, 4.69) is 96.3 Å². The molecule has 2 heteroatoms. The molecule has 0 atom stereocenters. The highest BCUT2D eigenvalue weighted by atomic mass is 14.9. The highest BCUT2D eigenvalue weighted by molar-refractivity contribution is 5.27. The van der Waals surface area contributed by atoms with Crippen LogP contribution >= 0.6 is 0 Å². The SMILES string of the molecule is Cc1cc[n+](CCCc2ccccc2CCC[n+]2ccc(C)cc2)cc1. The number of aryl methyl sites for hydroxylation is 6. The van der Waals surface area contributed by atoms with E-state index in [-0.39, 0.29) is 0 Å². The van der Waals surface area contributed by atoms with Gasteiger partial charge in [0.2, 0.25) is 0 Å². The van der Waals surface area contributed by atoms with Crippen molar-refractivity contribution in [1.82, 2.24) is 0 Å². The molecule has 0 aliphatic carbocycles. The molecule has 0 N–H and O–H groups in total. The van der Waals surface area contributed by atoms with Crippen LogP contribution in [0, 0.1) is 13.8 Å². The second-order valence-corrected chi connectivity index (χ2v) is 7.20. The summed E-state index contributed by atoms with van der Waals surface area (Å²) in [6.07, 6.45) is 13.4. The van der Waals surface area contributed by atoms with Gasteiger partial charge in [-0.25, -0.2) is 9.13 Å². The van der Waals surface area contributed by atoms with Gasteiger partial charge in [0.05, 0.1) is 0 Å². The smallest absolute Gasteiger partial charge is 0.169 e. The van der Waals surface area contributed by atoms with Crippen molar-refractivity contribution in [2.24, 2.45) is 0 Å². The molecule has 0 radical (unpaired) electrons. The van der Waals surface area contributed by atoms with Gasteiger partial charge in [0.25, 0.3) is 0 Å². The van der Waals surface area contributed by atoms with Gasteiger partial charge in [-0.1, -0.05) is 24.3 Å². The third-order valence-corrected chi connectivity index (χ3v) is 4.96. The zero-order valence-electron chi connectivity index (χ0n) is 16.1. The summed E-state index contributed by atoms with van der Waals surface area (Å²) in [5, 5.41) is 0. The van der Waals surface area contributed by atoms with Crippen LogP contribution < -0.4 is 9.13 Å². The van der Waals surface area contributed by atoms with E-state index in [1.165, 1.54) is 35.1 Å². The lowest BCUT2D eigenvalue weighted by Crippen LogP contribution is -2.33. The van der Waals surface area contributed by atoms with Crippen molar-refractivity contribution in [3.05, 3.63) is 95.6 Å². The molecule has 0 aliphatic rings. The van der Waals surface area contributed by atoms with Gasteiger partial charge >= 0.3 is 0 Å². The standard InChI is InChI=1S/C24H30N2/c1-21-11-17-25(18-12-21)15-5-9-23-7-3-4-8-24(23)10-6-16-26-19-13-22(2)14-20-26/h3-4,7-8,11-14,17-20H,5-6,9-10,15-16H2,1-2H3/q+2. The predicted molar refractivity (Wildman–Crippen MR) is 106 cm³/mol. The Morgan fingerprint density at radius 1 is 0.577 bits per heavy atom. The Balaban J connectivity index is 1.50. The summed E-state index contributed by atoms with van der Waals surface area (Å²) in [6, 6.07) is 17.7. The van der Waals surface area contributed by atoms with Crippen molar-refractivity contribution in [3.8, 4) is 0 Å². The van der Waals surface area contributed by atoms with Crippen LogP contribution in [0.2, 0.25) is 0 Å². The van der Waals surface area contributed by atoms with Crippen molar-refractivity contribution in [2.45, 2.75) is 52.6 Å². The van der Waals surface area contributed by atoms with Crippen LogP contribution in [-0.4, -0.2) is 0 Å². The maximum atomic E-state index is 2.30. The highest BCUT2D eigenvalue weighted by Gasteiger charge is 2.06.